The molecule has 41 heavy (non-hydrogen) atoms. The highest BCUT2D eigenvalue weighted by Gasteiger charge is 2.04. The van der Waals surface area contributed by atoms with Crippen LogP contribution >= 0.6 is 0 Å². The zero-order valence-electron chi connectivity index (χ0n) is 23.9. The molecule has 0 atom stereocenters. The summed E-state index contributed by atoms with van der Waals surface area (Å²) >= 11 is 0. The summed E-state index contributed by atoms with van der Waals surface area (Å²) in [4.78, 5) is 12.5. The molecule has 1 aromatic carbocycles. The van der Waals surface area contributed by atoms with Crippen molar-refractivity contribution in [2.24, 2.45) is 10.1 Å². The SMILES string of the molecule is C#CC.C/C(=C\Cc1nc2ccccn2n1)c1cccc(-c2cccnc2)c1.C=N/C(=N\N1C=CC=CC1)C(=C)C. The highest BCUT2D eigenvalue weighted by molar-refractivity contribution is 5.99. The van der Waals surface area contributed by atoms with E-state index >= 15 is 0 Å². The molecule has 0 fully saturated rings. The minimum absolute atomic E-state index is 0.583. The van der Waals surface area contributed by atoms with Crippen LogP contribution in [0.15, 0.2) is 126 Å². The Labute approximate surface area is 242 Å². The van der Waals surface area contributed by atoms with Crippen molar-refractivity contribution < 1.29 is 0 Å². The number of hydrogen-bond donors (Lipinski definition) is 0. The highest BCUT2D eigenvalue weighted by Crippen LogP contribution is 2.23. The van der Waals surface area contributed by atoms with Gasteiger partial charge in [0, 0.05) is 36.8 Å². The van der Waals surface area contributed by atoms with Gasteiger partial charge in [-0.15, -0.1) is 12.3 Å². The molecule has 1 aliphatic rings. The molecule has 4 aromatic rings. The Morgan fingerprint density at radius 2 is 1.90 bits per heavy atom. The van der Waals surface area contributed by atoms with Crippen LogP contribution in [-0.2, 0) is 6.42 Å². The van der Waals surface area contributed by atoms with E-state index in [0.29, 0.717) is 12.3 Å². The zero-order chi connectivity index (χ0) is 29.5. The molecule has 0 saturated heterocycles. The molecule has 0 spiro atoms. The van der Waals surface area contributed by atoms with Gasteiger partial charge in [0.25, 0.3) is 0 Å². The van der Waals surface area contributed by atoms with E-state index in [4.69, 9.17) is 0 Å². The van der Waals surface area contributed by atoms with Crippen LogP contribution in [0.1, 0.15) is 32.2 Å². The van der Waals surface area contributed by atoms with Gasteiger partial charge in [-0.2, -0.15) is 10.2 Å². The van der Waals surface area contributed by atoms with E-state index in [0.717, 1.165) is 29.2 Å². The van der Waals surface area contributed by atoms with Gasteiger partial charge in [0.2, 0.25) is 0 Å². The predicted molar refractivity (Wildman–Crippen MR) is 171 cm³/mol. The number of benzene rings is 1. The standard InChI is InChI=1S/C21H18N4.C10H13N3.C3H4/c1-16(10-11-20-23-21-9-2-3-13-25(21)24-20)17-6-4-7-18(14-17)19-8-5-12-22-15-19;1-9(2)10(11-3)12-13-7-5-4-6-8-13;1-3-2/h2-10,12-15H,11H2,1H3;4-7H,1,3,8H2,2H3;1H,2H3/b16-10+;12-10-;. The minimum Gasteiger partial charge on any atom is -0.267 e. The second-order valence-electron chi connectivity index (χ2n) is 8.99. The van der Waals surface area contributed by atoms with E-state index < -0.39 is 0 Å². The van der Waals surface area contributed by atoms with Crippen molar-refractivity contribution in [3.05, 3.63) is 127 Å². The number of amidine groups is 1. The first kappa shape index (κ1) is 30.2. The van der Waals surface area contributed by atoms with E-state index in [9.17, 15) is 0 Å². The van der Waals surface area contributed by atoms with E-state index in [1.165, 1.54) is 16.7 Å². The molecule has 0 unspecified atom stereocenters. The molecule has 0 N–H and O–H groups in total. The number of aliphatic imine (C=N–C) groups is 1. The number of pyridine rings is 2. The zero-order valence-corrected chi connectivity index (χ0v) is 23.9. The van der Waals surface area contributed by atoms with Crippen molar-refractivity contribution >= 4 is 23.8 Å². The van der Waals surface area contributed by atoms with Gasteiger partial charge in [0.15, 0.2) is 17.3 Å². The van der Waals surface area contributed by atoms with E-state index in [-0.39, 0.29) is 0 Å². The molecule has 0 bridgehead atoms. The molecule has 0 radical (unpaired) electrons. The Hall–Kier alpha value is -5.35. The van der Waals surface area contributed by atoms with Crippen LogP contribution in [0.3, 0.4) is 0 Å². The van der Waals surface area contributed by atoms with Crippen LogP contribution in [0.5, 0.6) is 0 Å². The topological polar surface area (TPSA) is 71.0 Å². The van der Waals surface area contributed by atoms with Crippen LogP contribution in [0.25, 0.3) is 22.3 Å². The first-order valence-corrected chi connectivity index (χ1v) is 13.1. The lowest BCUT2D eigenvalue weighted by Gasteiger charge is -2.14. The summed E-state index contributed by atoms with van der Waals surface area (Å²) in [5.41, 5.74) is 6.40. The molecule has 5 rings (SSSR count). The van der Waals surface area contributed by atoms with Crippen molar-refractivity contribution in [3.8, 4) is 23.5 Å². The van der Waals surface area contributed by atoms with Crippen LogP contribution in [0.4, 0.5) is 0 Å². The third-order valence-electron chi connectivity index (χ3n) is 5.74. The number of nitrogens with zero attached hydrogens (tertiary/aromatic N) is 7. The number of terminal acetylenes is 1. The number of allylic oxidation sites excluding steroid dienone is 4. The Morgan fingerprint density at radius 1 is 1.10 bits per heavy atom. The van der Waals surface area contributed by atoms with Crippen LogP contribution in [-0.4, -0.2) is 43.7 Å². The lowest BCUT2D eigenvalue weighted by molar-refractivity contribution is 0.439. The summed E-state index contributed by atoms with van der Waals surface area (Å²) in [7, 11) is 0. The average Bonchev–Trinajstić information content (AvgIpc) is 3.43. The fourth-order valence-corrected chi connectivity index (χ4v) is 3.71. The van der Waals surface area contributed by atoms with Crippen molar-refractivity contribution in [2.75, 3.05) is 6.54 Å². The second-order valence-corrected chi connectivity index (χ2v) is 8.99. The number of rotatable bonds is 6. The molecular weight excluding hydrogens is 506 g/mol. The summed E-state index contributed by atoms with van der Waals surface area (Å²) < 4.78 is 1.81. The van der Waals surface area contributed by atoms with Gasteiger partial charge in [-0.3, -0.25) is 9.99 Å². The molecule has 0 aliphatic carbocycles. The largest absolute Gasteiger partial charge is 0.267 e. The fraction of sp³-hybridized carbons (Fsp3) is 0.147. The quantitative estimate of drug-likeness (QED) is 0.149. The van der Waals surface area contributed by atoms with Gasteiger partial charge in [-0.25, -0.2) is 14.5 Å². The Kier molecular flexibility index (Phi) is 11.7. The molecule has 3 aromatic heterocycles. The first-order chi connectivity index (χ1) is 19.9. The van der Waals surface area contributed by atoms with Crippen LogP contribution in [0.2, 0.25) is 0 Å². The lowest BCUT2D eigenvalue weighted by atomic mass is 10.0. The van der Waals surface area contributed by atoms with Crippen molar-refractivity contribution in [2.45, 2.75) is 27.2 Å². The van der Waals surface area contributed by atoms with Crippen LogP contribution < -0.4 is 0 Å². The molecule has 7 nitrogen and oxygen atoms in total. The van der Waals surface area contributed by atoms with Gasteiger partial charge in [0.1, 0.15) is 0 Å². The molecule has 206 valence electrons. The maximum absolute atomic E-state index is 4.60. The van der Waals surface area contributed by atoms with Gasteiger partial charge in [-0.1, -0.05) is 55.1 Å². The summed E-state index contributed by atoms with van der Waals surface area (Å²) in [6.45, 7) is 13.6. The molecule has 0 amide bonds. The smallest absolute Gasteiger partial charge is 0.173 e. The Balaban J connectivity index is 0.000000244. The minimum atomic E-state index is 0.583. The number of hydrogen-bond acceptors (Lipinski definition) is 5. The Bertz CT molecular complexity index is 1580. The summed E-state index contributed by atoms with van der Waals surface area (Å²) in [5.74, 6) is 3.66. The summed E-state index contributed by atoms with van der Waals surface area (Å²) in [5, 5.41) is 10.5. The molecule has 0 saturated carbocycles. The van der Waals surface area contributed by atoms with E-state index in [1.807, 2.05) is 72.5 Å². The van der Waals surface area contributed by atoms with Gasteiger partial charge >= 0.3 is 0 Å². The van der Waals surface area contributed by atoms with Crippen LogP contribution in [0, 0.1) is 12.3 Å². The van der Waals surface area contributed by atoms with Crippen molar-refractivity contribution in [1.82, 2.24) is 24.6 Å². The molecule has 1 aliphatic heterocycles. The van der Waals surface area contributed by atoms with E-state index in [2.05, 4.69) is 94.1 Å². The molecule has 4 heterocycles. The maximum atomic E-state index is 4.60. The second kappa shape index (κ2) is 15.9. The van der Waals surface area contributed by atoms with Crippen molar-refractivity contribution in [1.29, 1.82) is 0 Å². The summed E-state index contributed by atoms with van der Waals surface area (Å²) in [6.07, 6.45) is 20.9. The first-order valence-electron chi connectivity index (χ1n) is 13.1. The normalized spacial score (nSPS) is 12.5. The summed E-state index contributed by atoms with van der Waals surface area (Å²) in [6, 6.07) is 18.4. The Morgan fingerprint density at radius 3 is 2.56 bits per heavy atom. The lowest BCUT2D eigenvalue weighted by Crippen LogP contribution is -2.14. The number of aromatic nitrogens is 4. The average molecular weight is 542 g/mol. The molecular formula is C34H35N7. The highest BCUT2D eigenvalue weighted by atomic mass is 15.5. The monoisotopic (exact) mass is 541 g/mol. The van der Waals surface area contributed by atoms with Crippen molar-refractivity contribution in [3.63, 3.8) is 0 Å². The number of hydrazone groups is 1. The van der Waals surface area contributed by atoms with Gasteiger partial charge in [0.05, 0.1) is 6.54 Å². The molecule has 7 heteroatoms. The van der Waals surface area contributed by atoms with Gasteiger partial charge in [-0.05, 0) is 80.1 Å². The van der Waals surface area contributed by atoms with Gasteiger partial charge < -0.3 is 0 Å². The fourth-order valence-electron chi connectivity index (χ4n) is 3.71. The maximum Gasteiger partial charge on any atom is 0.173 e. The number of fused-ring (bicyclic) bond motifs is 1. The third kappa shape index (κ3) is 9.41. The predicted octanol–water partition coefficient (Wildman–Crippen LogP) is 7.04. The van der Waals surface area contributed by atoms with E-state index in [1.54, 1.807) is 18.1 Å². The third-order valence-corrected chi connectivity index (χ3v) is 5.74.